The van der Waals surface area contributed by atoms with E-state index in [2.05, 4.69) is 49.7 Å². The Morgan fingerprint density at radius 3 is 2.65 bits per heavy atom. The van der Waals surface area contributed by atoms with E-state index in [1.807, 2.05) is 0 Å². The largest absolute Gasteiger partial charge is 0.314 e. The fourth-order valence-electron chi connectivity index (χ4n) is 4.17. The minimum atomic E-state index is 0.736. The second kappa shape index (κ2) is 8.05. The highest BCUT2D eigenvalue weighted by molar-refractivity contribution is 7.99. The summed E-state index contributed by atoms with van der Waals surface area (Å²) in [5.41, 5.74) is 0. The summed E-state index contributed by atoms with van der Waals surface area (Å²) in [6.45, 7) is 12.0. The molecule has 0 aromatic carbocycles. The van der Waals surface area contributed by atoms with Gasteiger partial charge >= 0.3 is 0 Å². The van der Waals surface area contributed by atoms with Crippen molar-refractivity contribution in [3.63, 3.8) is 0 Å². The number of hydrogen-bond donors (Lipinski definition) is 1. The minimum Gasteiger partial charge on any atom is -0.314 e. The highest BCUT2D eigenvalue weighted by atomic mass is 32.2. The van der Waals surface area contributed by atoms with E-state index in [1.54, 1.807) is 0 Å². The van der Waals surface area contributed by atoms with Crippen LogP contribution in [0.2, 0.25) is 0 Å². The Labute approximate surface area is 130 Å². The van der Waals surface area contributed by atoms with Gasteiger partial charge in [0, 0.05) is 29.9 Å². The van der Waals surface area contributed by atoms with Gasteiger partial charge in [-0.05, 0) is 50.8 Å². The number of nitrogens with one attached hydrogen (secondary N) is 1. The van der Waals surface area contributed by atoms with Crippen LogP contribution in [0, 0.1) is 5.92 Å². The molecule has 2 rings (SSSR count). The molecule has 2 aliphatic rings. The molecular weight excluding hydrogens is 264 g/mol. The second-order valence-electron chi connectivity index (χ2n) is 6.68. The van der Waals surface area contributed by atoms with Crippen molar-refractivity contribution < 1.29 is 0 Å². The first-order valence-corrected chi connectivity index (χ1v) is 9.84. The number of nitrogens with zero attached hydrogens (tertiary/aromatic N) is 1. The topological polar surface area (TPSA) is 15.3 Å². The molecule has 5 atom stereocenters. The Morgan fingerprint density at radius 1 is 1.15 bits per heavy atom. The Balaban J connectivity index is 1.93. The highest BCUT2D eigenvalue weighted by Crippen LogP contribution is 2.37. The van der Waals surface area contributed by atoms with Gasteiger partial charge in [0.2, 0.25) is 0 Å². The lowest BCUT2D eigenvalue weighted by Gasteiger charge is -2.47. The fourth-order valence-corrected chi connectivity index (χ4v) is 5.45. The number of hydrogen-bond acceptors (Lipinski definition) is 3. The Morgan fingerprint density at radius 2 is 1.95 bits per heavy atom. The summed E-state index contributed by atoms with van der Waals surface area (Å²) in [6.07, 6.45) is 6.90. The van der Waals surface area contributed by atoms with Crippen LogP contribution in [0.15, 0.2) is 0 Å². The van der Waals surface area contributed by atoms with Crippen LogP contribution in [0.1, 0.15) is 59.8 Å². The SMILES string of the molecule is CCCNC1CCN(C2CCCC2SCC)C(C)C1C. The van der Waals surface area contributed by atoms with Gasteiger partial charge in [0.25, 0.3) is 0 Å². The molecule has 0 aromatic rings. The molecule has 2 nitrogen and oxygen atoms in total. The van der Waals surface area contributed by atoms with E-state index in [1.165, 1.54) is 50.9 Å². The van der Waals surface area contributed by atoms with E-state index < -0.39 is 0 Å². The summed E-state index contributed by atoms with van der Waals surface area (Å²) in [6, 6.07) is 2.32. The average Bonchev–Trinajstić information content (AvgIpc) is 2.89. The smallest absolute Gasteiger partial charge is 0.0217 e. The average molecular weight is 299 g/mol. The number of rotatable bonds is 6. The van der Waals surface area contributed by atoms with E-state index in [0.717, 1.165) is 29.3 Å². The minimum absolute atomic E-state index is 0.736. The van der Waals surface area contributed by atoms with Crippen molar-refractivity contribution in [2.45, 2.75) is 83.2 Å². The second-order valence-corrected chi connectivity index (χ2v) is 8.20. The van der Waals surface area contributed by atoms with Gasteiger partial charge in [0.05, 0.1) is 0 Å². The summed E-state index contributed by atoms with van der Waals surface area (Å²) in [4.78, 5) is 2.86. The van der Waals surface area contributed by atoms with Gasteiger partial charge in [0.1, 0.15) is 0 Å². The monoisotopic (exact) mass is 298 g/mol. The van der Waals surface area contributed by atoms with Crippen molar-refractivity contribution in [1.82, 2.24) is 10.2 Å². The van der Waals surface area contributed by atoms with Crippen LogP contribution in [0.4, 0.5) is 0 Å². The number of likely N-dealkylation sites (tertiary alicyclic amines) is 1. The molecule has 3 heteroatoms. The van der Waals surface area contributed by atoms with Crippen molar-refractivity contribution in [2.24, 2.45) is 5.92 Å². The third-order valence-corrected chi connectivity index (χ3v) is 6.81. The lowest BCUT2D eigenvalue weighted by Crippen LogP contribution is -2.57. The number of thioether (sulfide) groups is 1. The molecule has 2 fully saturated rings. The first-order valence-electron chi connectivity index (χ1n) is 8.79. The molecule has 1 saturated carbocycles. The Hall–Kier alpha value is 0.270. The lowest BCUT2D eigenvalue weighted by molar-refractivity contribution is 0.0506. The predicted octanol–water partition coefficient (Wildman–Crippen LogP) is 3.76. The quantitative estimate of drug-likeness (QED) is 0.804. The van der Waals surface area contributed by atoms with Crippen LogP contribution in [-0.4, -0.2) is 47.1 Å². The number of piperidine rings is 1. The fraction of sp³-hybridized carbons (Fsp3) is 1.00. The van der Waals surface area contributed by atoms with E-state index in [9.17, 15) is 0 Å². The third-order valence-electron chi connectivity index (χ3n) is 5.50. The zero-order chi connectivity index (χ0) is 14.5. The Bertz CT molecular complexity index is 284. The van der Waals surface area contributed by atoms with Crippen molar-refractivity contribution in [3.8, 4) is 0 Å². The summed E-state index contributed by atoms with van der Waals surface area (Å²) in [7, 11) is 0. The molecule has 5 unspecified atom stereocenters. The van der Waals surface area contributed by atoms with Crippen molar-refractivity contribution in [2.75, 3.05) is 18.8 Å². The first-order chi connectivity index (χ1) is 9.69. The van der Waals surface area contributed by atoms with Crippen molar-refractivity contribution in [1.29, 1.82) is 0 Å². The van der Waals surface area contributed by atoms with Crippen LogP contribution in [-0.2, 0) is 0 Å². The zero-order valence-electron chi connectivity index (χ0n) is 13.9. The molecule has 0 aromatic heterocycles. The molecule has 0 amide bonds. The molecule has 1 heterocycles. The van der Waals surface area contributed by atoms with Crippen LogP contribution in [0.3, 0.4) is 0 Å². The van der Waals surface area contributed by atoms with E-state index in [-0.39, 0.29) is 0 Å². The molecule has 1 saturated heterocycles. The van der Waals surface area contributed by atoms with Gasteiger partial charge < -0.3 is 5.32 Å². The van der Waals surface area contributed by atoms with Gasteiger partial charge in [-0.25, -0.2) is 0 Å². The standard InChI is InChI=1S/C17H34N2S/c1-5-11-18-15-10-12-19(14(4)13(15)3)16-8-7-9-17(16)20-6-2/h13-18H,5-12H2,1-4H3. The van der Waals surface area contributed by atoms with Gasteiger partial charge in [-0.15, -0.1) is 0 Å². The van der Waals surface area contributed by atoms with Crippen molar-refractivity contribution in [3.05, 3.63) is 0 Å². The third kappa shape index (κ3) is 3.72. The van der Waals surface area contributed by atoms with Gasteiger partial charge in [0.15, 0.2) is 0 Å². The van der Waals surface area contributed by atoms with Crippen LogP contribution in [0.5, 0.6) is 0 Å². The van der Waals surface area contributed by atoms with Gasteiger partial charge in [-0.2, -0.15) is 11.8 Å². The maximum Gasteiger partial charge on any atom is 0.0217 e. The van der Waals surface area contributed by atoms with E-state index >= 15 is 0 Å². The maximum absolute atomic E-state index is 3.77. The van der Waals surface area contributed by atoms with Crippen LogP contribution in [0.25, 0.3) is 0 Å². The molecule has 0 spiro atoms. The van der Waals surface area contributed by atoms with Crippen LogP contribution >= 0.6 is 11.8 Å². The van der Waals surface area contributed by atoms with E-state index in [4.69, 9.17) is 0 Å². The van der Waals surface area contributed by atoms with Gasteiger partial charge in [-0.3, -0.25) is 4.90 Å². The normalized spacial score (nSPS) is 39.3. The first kappa shape index (κ1) is 16.6. The summed E-state index contributed by atoms with van der Waals surface area (Å²) < 4.78 is 0. The molecule has 0 bridgehead atoms. The highest BCUT2D eigenvalue weighted by Gasteiger charge is 2.40. The lowest BCUT2D eigenvalue weighted by atomic mass is 9.85. The summed E-state index contributed by atoms with van der Waals surface area (Å²) in [5.74, 6) is 2.06. The summed E-state index contributed by atoms with van der Waals surface area (Å²) >= 11 is 2.20. The molecule has 1 aliphatic carbocycles. The predicted molar refractivity (Wildman–Crippen MR) is 91.6 cm³/mol. The van der Waals surface area contributed by atoms with Gasteiger partial charge in [-0.1, -0.05) is 27.2 Å². The summed E-state index contributed by atoms with van der Waals surface area (Å²) in [5, 5.41) is 4.67. The molecule has 0 radical (unpaired) electrons. The molecule has 20 heavy (non-hydrogen) atoms. The van der Waals surface area contributed by atoms with E-state index in [0.29, 0.717) is 0 Å². The molecule has 1 N–H and O–H groups in total. The van der Waals surface area contributed by atoms with Crippen molar-refractivity contribution >= 4 is 11.8 Å². The molecular formula is C17H34N2S. The molecule has 118 valence electrons. The zero-order valence-corrected chi connectivity index (χ0v) is 14.7. The van der Waals surface area contributed by atoms with Crippen LogP contribution < -0.4 is 5.32 Å². The maximum atomic E-state index is 3.77. The Kier molecular flexibility index (Phi) is 6.70. The molecule has 1 aliphatic heterocycles.